The fourth-order valence-electron chi connectivity index (χ4n) is 2.20. The number of nitrogens with two attached hydrogens (primary N) is 1. The van der Waals surface area contributed by atoms with Crippen LogP contribution >= 0.6 is 12.2 Å². The van der Waals surface area contributed by atoms with Crippen LogP contribution in [0.25, 0.3) is 6.08 Å². The van der Waals surface area contributed by atoms with Crippen molar-refractivity contribution >= 4 is 34.9 Å². The Bertz CT molecular complexity index is 915. The van der Waals surface area contributed by atoms with Gasteiger partial charge in [-0.25, -0.2) is 0 Å². The maximum atomic E-state index is 12.0. The first-order valence-electron chi connectivity index (χ1n) is 8.02. The van der Waals surface area contributed by atoms with Crippen LogP contribution in [0.2, 0.25) is 0 Å². The smallest absolute Gasteiger partial charge is 0.262 e. The summed E-state index contributed by atoms with van der Waals surface area (Å²) in [5, 5.41) is 11.8. The van der Waals surface area contributed by atoms with Gasteiger partial charge in [0.05, 0.1) is 12.7 Å². The number of nitrogens with zero attached hydrogens (tertiary/aromatic N) is 1. The number of methoxy groups -OCH3 is 1. The Morgan fingerprint density at radius 1 is 1.26 bits per heavy atom. The van der Waals surface area contributed by atoms with Gasteiger partial charge in [0.15, 0.2) is 18.1 Å². The highest BCUT2D eigenvalue weighted by atomic mass is 32.1. The topological polar surface area (TPSA) is 97.4 Å². The van der Waals surface area contributed by atoms with Crippen molar-refractivity contribution in [3.63, 3.8) is 0 Å². The highest BCUT2D eigenvalue weighted by molar-refractivity contribution is 7.80. The normalized spacial score (nSPS) is 10.6. The van der Waals surface area contributed by atoms with E-state index >= 15 is 0 Å². The van der Waals surface area contributed by atoms with Crippen molar-refractivity contribution in [1.29, 1.82) is 5.26 Å². The Morgan fingerprint density at radius 2 is 1.96 bits per heavy atom. The highest BCUT2D eigenvalue weighted by Crippen LogP contribution is 2.29. The second-order valence-electron chi connectivity index (χ2n) is 5.65. The van der Waals surface area contributed by atoms with Gasteiger partial charge in [0, 0.05) is 5.69 Å². The Morgan fingerprint density at radius 3 is 2.56 bits per heavy atom. The molecule has 1 amide bonds. The lowest BCUT2D eigenvalue weighted by Crippen LogP contribution is -2.20. The minimum atomic E-state index is -0.287. The lowest BCUT2D eigenvalue weighted by molar-refractivity contribution is -0.118. The molecule has 0 aromatic heterocycles. The van der Waals surface area contributed by atoms with Gasteiger partial charge in [-0.3, -0.25) is 4.79 Å². The summed E-state index contributed by atoms with van der Waals surface area (Å²) in [6, 6.07) is 14.4. The molecule has 27 heavy (non-hydrogen) atoms. The third kappa shape index (κ3) is 5.83. The average Bonchev–Trinajstić information content (AvgIpc) is 2.66. The van der Waals surface area contributed by atoms with Crippen LogP contribution in [0, 0.1) is 18.3 Å². The number of rotatable bonds is 7. The maximum absolute atomic E-state index is 12.0. The zero-order valence-electron chi connectivity index (χ0n) is 15.0. The molecule has 0 saturated carbocycles. The van der Waals surface area contributed by atoms with Gasteiger partial charge >= 0.3 is 0 Å². The molecule has 0 heterocycles. The number of thiocarbonyl (C=S) groups is 1. The fourth-order valence-corrected chi connectivity index (χ4v) is 2.30. The van der Waals surface area contributed by atoms with Crippen molar-refractivity contribution in [2.45, 2.75) is 6.92 Å². The van der Waals surface area contributed by atoms with Crippen LogP contribution < -0.4 is 20.5 Å². The summed E-state index contributed by atoms with van der Waals surface area (Å²) in [5.41, 5.74) is 8.16. The van der Waals surface area contributed by atoms with E-state index in [0.29, 0.717) is 22.7 Å². The Labute approximate surface area is 163 Å². The summed E-state index contributed by atoms with van der Waals surface area (Å²) in [5.74, 6) is 0.541. The fraction of sp³-hybridized carbons (Fsp3) is 0.150. The molecule has 2 aromatic rings. The van der Waals surface area contributed by atoms with Crippen LogP contribution in [0.15, 0.2) is 48.0 Å². The number of hydrogen-bond donors (Lipinski definition) is 2. The van der Waals surface area contributed by atoms with Crippen LogP contribution in [0.1, 0.15) is 11.1 Å². The third-order valence-electron chi connectivity index (χ3n) is 3.58. The number of aryl methyl sites for hydroxylation is 1. The SMILES string of the molecule is COc1cc(/C=C(\C#N)C(N)=S)ccc1OCC(=O)Nc1ccc(C)cc1. The van der Waals surface area contributed by atoms with E-state index < -0.39 is 0 Å². The monoisotopic (exact) mass is 381 g/mol. The van der Waals surface area contributed by atoms with E-state index in [1.165, 1.54) is 7.11 Å². The lowest BCUT2D eigenvalue weighted by Gasteiger charge is -2.12. The summed E-state index contributed by atoms with van der Waals surface area (Å²) >= 11 is 4.82. The van der Waals surface area contributed by atoms with Crippen LogP contribution in [-0.4, -0.2) is 24.6 Å². The van der Waals surface area contributed by atoms with Crippen molar-refractivity contribution in [2.75, 3.05) is 19.0 Å². The molecular weight excluding hydrogens is 362 g/mol. The van der Waals surface area contributed by atoms with Gasteiger partial charge in [-0.15, -0.1) is 0 Å². The molecular formula is C20H19N3O3S. The number of anilines is 1. The van der Waals surface area contributed by atoms with E-state index in [4.69, 9.17) is 32.7 Å². The standard InChI is InChI=1S/C20H19N3O3S/c1-13-3-6-16(7-4-13)23-19(24)12-26-17-8-5-14(10-18(17)25-2)9-15(11-21)20(22)27/h3-10H,12H2,1-2H3,(H2,22,27)(H,23,24)/b15-9+. The summed E-state index contributed by atoms with van der Waals surface area (Å²) in [6.45, 7) is 1.80. The predicted molar refractivity (Wildman–Crippen MR) is 109 cm³/mol. The van der Waals surface area contributed by atoms with E-state index in [9.17, 15) is 4.79 Å². The maximum Gasteiger partial charge on any atom is 0.262 e. The lowest BCUT2D eigenvalue weighted by atomic mass is 10.1. The van der Waals surface area contributed by atoms with E-state index in [1.54, 1.807) is 24.3 Å². The highest BCUT2D eigenvalue weighted by Gasteiger charge is 2.09. The van der Waals surface area contributed by atoms with E-state index in [0.717, 1.165) is 5.56 Å². The molecule has 0 atom stereocenters. The molecule has 0 fully saturated rings. The molecule has 7 heteroatoms. The number of nitriles is 1. The first-order chi connectivity index (χ1) is 12.9. The third-order valence-corrected chi connectivity index (χ3v) is 3.80. The molecule has 0 saturated heterocycles. The first-order valence-corrected chi connectivity index (χ1v) is 8.42. The van der Waals surface area contributed by atoms with Crippen molar-refractivity contribution in [3.05, 3.63) is 59.2 Å². The van der Waals surface area contributed by atoms with Gasteiger partial charge in [0.1, 0.15) is 11.1 Å². The number of ether oxygens (including phenoxy) is 2. The van der Waals surface area contributed by atoms with E-state index in [-0.39, 0.29) is 23.1 Å². The van der Waals surface area contributed by atoms with E-state index in [2.05, 4.69) is 5.32 Å². The molecule has 0 bridgehead atoms. The predicted octanol–water partition coefficient (Wildman–Crippen LogP) is 3.21. The number of benzene rings is 2. The van der Waals surface area contributed by atoms with Gasteiger partial charge in [0.2, 0.25) is 0 Å². The molecule has 0 radical (unpaired) electrons. The minimum Gasteiger partial charge on any atom is -0.493 e. The van der Waals surface area contributed by atoms with Crippen LogP contribution in [0.4, 0.5) is 5.69 Å². The first kappa shape index (κ1) is 19.9. The van der Waals surface area contributed by atoms with Gasteiger partial charge in [0.25, 0.3) is 5.91 Å². The summed E-state index contributed by atoms with van der Waals surface area (Å²) in [6.07, 6.45) is 1.55. The van der Waals surface area contributed by atoms with Crippen molar-refractivity contribution in [1.82, 2.24) is 0 Å². The van der Waals surface area contributed by atoms with Gasteiger partial charge in [-0.1, -0.05) is 36.0 Å². The minimum absolute atomic E-state index is 0.0181. The van der Waals surface area contributed by atoms with E-state index in [1.807, 2.05) is 37.3 Å². The zero-order valence-corrected chi connectivity index (χ0v) is 15.8. The Kier molecular flexibility index (Phi) is 6.92. The number of carbonyl (C=O) groups excluding carboxylic acids is 1. The number of hydrogen-bond acceptors (Lipinski definition) is 5. The van der Waals surface area contributed by atoms with Crippen LogP contribution in [0.5, 0.6) is 11.5 Å². The summed E-state index contributed by atoms with van der Waals surface area (Å²) in [4.78, 5) is 12.1. The molecule has 0 unspecified atom stereocenters. The number of nitrogens with one attached hydrogen (secondary N) is 1. The molecule has 0 aliphatic rings. The molecule has 138 valence electrons. The average molecular weight is 381 g/mol. The molecule has 2 aromatic carbocycles. The van der Waals surface area contributed by atoms with Gasteiger partial charge in [-0.2, -0.15) is 5.26 Å². The summed E-state index contributed by atoms with van der Waals surface area (Å²) < 4.78 is 10.8. The van der Waals surface area contributed by atoms with Crippen LogP contribution in [0.3, 0.4) is 0 Å². The Hall–Kier alpha value is -3.37. The Balaban J connectivity index is 2.06. The largest absolute Gasteiger partial charge is 0.493 e. The second kappa shape index (κ2) is 9.36. The van der Waals surface area contributed by atoms with Crippen LogP contribution in [-0.2, 0) is 4.79 Å². The molecule has 0 aliphatic heterocycles. The second-order valence-corrected chi connectivity index (χ2v) is 6.09. The van der Waals surface area contributed by atoms with Gasteiger partial charge < -0.3 is 20.5 Å². The zero-order chi connectivity index (χ0) is 19.8. The number of carbonyl (C=O) groups is 1. The van der Waals surface area contributed by atoms with Crippen molar-refractivity contribution in [2.24, 2.45) is 5.73 Å². The van der Waals surface area contributed by atoms with Crippen molar-refractivity contribution < 1.29 is 14.3 Å². The quantitative estimate of drug-likeness (QED) is 0.434. The molecule has 3 N–H and O–H groups in total. The van der Waals surface area contributed by atoms with Crippen molar-refractivity contribution in [3.8, 4) is 17.6 Å². The summed E-state index contributed by atoms with van der Waals surface area (Å²) in [7, 11) is 1.49. The molecule has 6 nitrogen and oxygen atoms in total. The molecule has 0 aliphatic carbocycles. The van der Waals surface area contributed by atoms with Gasteiger partial charge in [-0.05, 0) is 42.8 Å². The molecule has 2 rings (SSSR count). The molecule has 0 spiro atoms. The number of amides is 1.